The van der Waals surface area contributed by atoms with Crippen molar-refractivity contribution in [1.82, 2.24) is 4.90 Å². The van der Waals surface area contributed by atoms with Crippen molar-refractivity contribution >= 4 is 28.0 Å². The van der Waals surface area contributed by atoms with Gasteiger partial charge in [0, 0.05) is 24.0 Å². The maximum Gasteiger partial charge on any atom is 0.411 e. The third-order valence-electron chi connectivity index (χ3n) is 6.44. The number of fused-ring (bicyclic) bond motifs is 3. The molecule has 4 rings (SSSR count). The van der Waals surface area contributed by atoms with Gasteiger partial charge in [0.1, 0.15) is 6.61 Å². The summed E-state index contributed by atoms with van der Waals surface area (Å²) in [6.07, 6.45) is -0.702. The predicted octanol–water partition coefficient (Wildman–Crippen LogP) is 5.65. The number of carbonyl (C=O) groups is 2. The molecular formula is C27H26BrNO5. The van der Waals surface area contributed by atoms with Crippen molar-refractivity contribution in [1.29, 1.82) is 0 Å². The Balaban J connectivity index is 1.62. The van der Waals surface area contributed by atoms with E-state index in [1.54, 1.807) is 24.3 Å². The number of amides is 1. The van der Waals surface area contributed by atoms with Gasteiger partial charge in [0.05, 0.1) is 6.61 Å². The summed E-state index contributed by atoms with van der Waals surface area (Å²) in [5.74, 6) is -1.27. The first-order chi connectivity index (χ1) is 16.4. The zero-order chi connectivity index (χ0) is 24.3. The second-order valence-corrected chi connectivity index (χ2v) is 9.25. The second-order valence-electron chi connectivity index (χ2n) is 8.33. The fourth-order valence-corrected chi connectivity index (χ4v) is 4.79. The van der Waals surface area contributed by atoms with Crippen molar-refractivity contribution in [2.75, 3.05) is 26.9 Å². The number of hydrogen-bond donors (Lipinski definition) is 1. The molecule has 0 saturated carbocycles. The molecule has 0 heterocycles. The fourth-order valence-electron chi connectivity index (χ4n) is 4.52. The molecule has 1 unspecified atom stereocenters. The topological polar surface area (TPSA) is 76.1 Å². The summed E-state index contributed by atoms with van der Waals surface area (Å²) in [6, 6.07) is 23.0. The highest BCUT2D eigenvalue weighted by Gasteiger charge is 2.45. The van der Waals surface area contributed by atoms with Gasteiger partial charge in [-0.2, -0.15) is 0 Å². The summed E-state index contributed by atoms with van der Waals surface area (Å²) in [5.41, 5.74) is 3.26. The molecule has 0 aromatic heterocycles. The molecule has 176 valence electrons. The number of halogens is 1. The first-order valence-electron chi connectivity index (χ1n) is 11.0. The molecule has 1 aliphatic rings. The SMILES string of the molecule is COCCN(C(=O)OCC1c2ccccc2-c2ccccc21)C(C)(C(=O)O)c1ccc(Br)cc1. The van der Waals surface area contributed by atoms with Crippen LogP contribution in [0.5, 0.6) is 0 Å². The van der Waals surface area contributed by atoms with Crippen LogP contribution in [0.15, 0.2) is 77.3 Å². The number of carboxylic acid groups (broad SMARTS) is 1. The van der Waals surface area contributed by atoms with Gasteiger partial charge in [0.2, 0.25) is 0 Å². The first kappa shape index (κ1) is 24.0. The molecule has 0 saturated heterocycles. The molecular weight excluding hydrogens is 498 g/mol. The largest absolute Gasteiger partial charge is 0.479 e. The van der Waals surface area contributed by atoms with Gasteiger partial charge >= 0.3 is 12.1 Å². The van der Waals surface area contributed by atoms with E-state index in [9.17, 15) is 14.7 Å². The Morgan fingerprint density at radius 3 is 2.06 bits per heavy atom. The molecule has 1 amide bonds. The smallest absolute Gasteiger partial charge is 0.411 e. The van der Waals surface area contributed by atoms with Crippen molar-refractivity contribution in [3.63, 3.8) is 0 Å². The van der Waals surface area contributed by atoms with Crippen molar-refractivity contribution in [3.05, 3.63) is 94.0 Å². The van der Waals surface area contributed by atoms with Crippen LogP contribution in [0.1, 0.15) is 29.5 Å². The van der Waals surface area contributed by atoms with Crippen molar-refractivity contribution < 1.29 is 24.2 Å². The molecule has 3 aromatic carbocycles. The quantitative estimate of drug-likeness (QED) is 0.413. The van der Waals surface area contributed by atoms with Crippen LogP contribution in [0.25, 0.3) is 11.1 Å². The molecule has 0 spiro atoms. The van der Waals surface area contributed by atoms with Crippen LogP contribution >= 0.6 is 15.9 Å². The highest BCUT2D eigenvalue weighted by molar-refractivity contribution is 9.10. The summed E-state index contributed by atoms with van der Waals surface area (Å²) in [7, 11) is 1.51. The molecule has 34 heavy (non-hydrogen) atoms. The van der Waals surface area contributed by atoms with E-state index in [-0.39, 0.29) is 25.7 Å². The van der Waals surface area contributed by atoms with E-state index in [1.165, 1.54) is 18.9 Å². The van der Waals surface area contributed by atoms with E-state index in [1.807, 2.05) is 36.4 Å². The maximum absolute atomic E-state index is 13.4. The Kier molecular flexibility index (Phi) is 7.05. The summed E-state index contributed by atoms with van der Waals surface area (Å²) in [4.78, 5) is 27.1. The van der Waals surface area contributed by atoms with E-state index in [2.05, 4.69) is 28.1 Å². The minimum Gasteiger partial charge on any atom is -0.479 e. The average molecular weight is 524 g/mol. The number of rotatable bonds is 8. The molecule has 1 atom stereocenters. The number of nitrogens with zero attached hydrogens (tertiary/aromatic N) is 1. The van der Waals surface area contributed by atoms with E-state index in [0.717, 1.165) is 26.7 Å². The third-order valence-corrected chi connectivity index (χ3v) is 6.97. The van der Waals surface area contributed by atoms with Crippen LogP contribution < -0.4 is 0 Å². The van der Waals surface area contributed by atoms with Crippen LogP contribution in [0.4, 0.5) is 4.79 Å². The number of hydrogen-bond acceptors (Lipinski definition) is 4. The second kappa shape index (κ2) is 9.99. The van der Waals surface area contributed by atoms with E-state index < -0.39 is 17.6 Å². The highest BCUT2D eigenvalue weighted by atomic mass is 79.9. The van der Waals surface area contributed by atoms with Crippen molar-refractivity contribution in [2.45, 2.75) is 18.4 Å². The molecule has 0 radical (unpaired) electrons. The standard InChI is InChI=1S/C27H26BrNO5/c1-27(25(30)31,18-11-13-19(28)14-12-18)29(15-16-33-2)26(32)34-17-24-22-9-5-3-7-20(22)21-8-4-6-10-23(21)24/h3-14,24H,15-17H2,1-2H3,(H,30,31). The Hall–Kier alpha value is -3.16. The molecule has 0 aliphatic heterocycles. The van der Waals surface area contributed by atoms with Gasteiger partial charge in [-0.3, -0.25) is 4.90 Å². The van der Waals surface area contributed by atoms with Crippen LogP contribution in [0.3, 0.4) is 0 Å². The lowest BCUT2D eigenvalue weighted by atomic mass is 9.90. The van der Waals surface area contributed by atoms with Gasteiger partial charge in [-0.05, 0) is 46.9 Å². The molecule has 3 aromatic rings. The van der Waals surface area contributed by atoms with Gasteiger partial charge in [-0.15, -0.1) is 0 Å². The number of carboxylic acids is 1. The lowest BCUT2D eigenvalue weighted by Gasteiger charge is -2.37. The van der Waals surface area contributed by atoms with Crippen LogP contribution in [0, 0.1) is 0 Å². The number of carbonyl (C=O) groups excluding carboxylic acids is 1. The highest BCUT2D eigenvalue weighted by Crippen LogP contribution is 2.44. The van der Waals surface area contributed by atoms with Crippen molar-refractivity contribution in [3.8, 4) is 11.1 Å². The Labute approximate surface area is 207 Å². The minimum atomic E-state index is -1.64. The lowest BCUT2D eigenvalue weighted by molar-refractivity contribution is -0.150. The first-order valence-corrected chi connectivity index (χ1v) is 11.8. The Morgan fingerprint density at radius 1 is 0.971 bits per heavy atom. The number of benzene rings is 3. The monoisotopic (exact) mass is 523 g/mol. The van der Waals surface area contributed by atoms with Crippen molar-refractivity contribution in [2.24, 2.45) is 0 Å². The number of aliphatic carboxylic acids is 1. The summed E-state index contributed by atoms with van der Waals surface area (Å²) >= 11 is 3.37. The van der Waals surface area contributed by atoms with Gasteiger partial charge in [-0.1, -0.05) is 76.6 Å². The Morgan fingerprint density at radius 2 is 1.53 bits per heavy atom. The van der Waals surface area contributed by atoms with E-state index >= 15 is 0 Å². The maximum atomic E-state index is 13.4. The van der Waals surface area contributed by atoms with Gasteiger partial charge in [0.15, 0.2) is 5.54 Å². The van der Waals surface area contributed by atoms with Crippen LogP contribution in [-0.2, 0) is 19.8 Å². The summed E-state index contributed by atoms with van der Waals surface area (Å²) < 4.78 is 11.8. The average Bonchev–Trinajstić information content (AvgIpc) is 3.16. The molecule has 6 nitrogen and oxygen atoms in total. The summed E-state index contributed by atoms with van der Waals surface area (Å²) in [5, 5.41) is 10.2. The van der Waals surface area contributed by atoms with Gasteiger partial charge in [-0.25, -0.2) is 9.59 Å². The molecule has 1 N–H and O–H groups in total. The van der Waals surface area contributed by atoms with E-state index in [4.69, 9.17) is 9.47 Å². The fraction of sp³-hybridized carbons (Fsp3) is 0.259. The molecule has 0 fully saturated rings. The van der Waals surface area contributed by atoms with Crippen LogP contribution in [0.2, 0.25) is 0 Å². The zero-order valence-corrected chi connectivity index (χ0v) is 20.6. The van der Waals surface area contributed by atoms with Gasteiger partial charge in [0.25, 0.3) is 0 Å². The molecule has 1 aliphatic carbocycles. The van der Waals surface area contributed by atoms with E-state index in [0.29, 0.717) is 5.56 Å². The zero-order valence-electron chi connectivity index (χ0n) is 19.0. The predicted molar refractivity (Wildman–Crippen MR) is 133 cm³/mol. The van der Waals surface area contributed by atoms with Gasteiger partial charge < -0.3 is 14.6 Å². The third kappa shape index (κ3) is 4.33. The minimum absolute atomic E-state index is 0.0615. The molecule has 7 heteroatoms. The van der Waals surface area contributed by atoms with Crippen LogP contribution in [-0.4, -0.2) is 48.9 Å². The Bertz CT molecular complexity index is 1150. The number of methoxy groups -OCH3 is 1. The number of ether oxygens (including phenoxy) is 2. The lowest BCUT2D eigenvalue weighted by Crippen LogP contribution is -2.54. The normalized spacial score (nSPS) is 14.1. The molecule has 0 bridgehead atoms. The summed E-state index contributed by atoms with van der Waals surface area (Å²) in [6.45, 7) is 1.84.